The number of anilines is 3. The third kappa shape index (κ3) is 3.19. The summed E-state index contributed by atoms with van der Waals surface area (Å²) in [4.78, 5) is 18.1. The average Bonchev–Trinajstić information content (AvgIpc) is 2.42. The molecule has 2 aromatic rings. The Balaban J connectivity index is 2.52. The topological polar surface area (TPSA) is 93.0 Å². The summed E-state index contributed by atoms with van der Waals surface area (Å²) >= 11 is 9.07. The molecule has 0 aliphatic heterocycles. The zero-order valence-corrected chi connectivity index (χ0v) is 12.9. The number of aromatic nitrogens is 2. The Morgan fingerprint density at radius 1 is 1.38 bits per heavy atom. The van der Waals surface area contributed by atoms with E-state index in [4.69, 9.17) is 11.6 Å². The normalized spacial score (nSPS) is 10.3. The standard InChI is InChI=1S/C11H8BrClFN5O2/c1-15-10-9(19(20)21)11(17-4-16-10)18-8-6(12)2-5(14)3-7(8)13/h2-4H,1H3,(H2,15,16,17,18). The second-order valence-corrected chi connectivity index (χ2v) is 5.06. The first-order valence-corrected chi connectivity index (χ1v) is 6.69. The van der Waals surface area contributed by atoms with Gasteiger partial charge in [-0.05, 0) is 28.1 Å². The van der Waals surface area contributed by atoms with Crippen molar-refractivity contribution in [2.24, 2.45) is 0 Å². The zero-order valence-electron chi connectivity index (χ0n) is 10.5. The Morgan fingerprint density at radius 2 is 2.05 bits per heavy atom. The Hall–Kier alpha value is -2.00. The first-order chi connectivity index (χ1) is 9.93. The molecule has 0 radical (unpaired) electrons. The number of benzene rings is 1. The lowest BCUT2D eigenvalue weighted by Crippen LogP contribution is -2.06. The first-order valence-electron chi connectivity index (χ1n) is 5.52. The third-order valence-electron chi connectivity index (χ3n) is 2.49. The summed E-state index contributed by atoms with van der Waals surface area (Å²) in [6, 6.07) is 2.26. The Labute approximate surface area is 131 Å². The van der Waals surface area contributed by atoms with Crippen molar-refractivity contribution in [3.8, 4) is 0 Å². The van der Waals surface area contributed by atoms with Gasteiger partial charge in [0.15, 0.2) is 0 Å². The lowest BCUT2D eigenvalue weighted by Gasteiger charge is -2.11. The van der Waals surface area contributed by atoms with Crippen molar-refractivity contribution in [3.05, 3.63) is 43.9 Å². The summed E-state index contributed by atoms with van der Waals surface area (Å²) in [5.74, 6) is -0.550. The number of nitrogens with zero attached hydrogens (tertiary/aromatic N) is 3. The van der Waals surface area contributed by atoms with E-state index in [1.165, 1.54) is 13.1 Å². The van der Waals surface area contributed by atoms with E-state index in [-0.39, 0.29) is 28.0 Å². The summed E-state index contributed by atoms with van der Waals surface area (Å²) < 4.78 is 13.5. The molecule has 0 saturated carbocycles. The predicted molar refractivity (Wildman–Crippen MR) is 80.6 cm³/mol. The Kier molecular flexibility index (Phi) is 4.53. The van der Waals surface area contributed by atoms with Crippen LogP contribution in [0.4, 0.5) is 27.4 Å². The summed E-state index contributed by atoms with van der Waals surface area (Å²) in [7, 11) is 1.50. The SMILES string of the molecule is CNc1ncnc(Nc2c(Cl)cc(F)cc2Br)c1[N+](=O)[O-]. The van der Waals surface area contributed by atoms with Crippen LogP contribution >= 0.6 is 27.5 Å². The minimum Gasteiger partial charge on any atom is -0.367 e. The van der Waals surface area contributed by atoms with Gasteiger partial charge in [0.05, 0.1) is 15.6 Å². The quantitative estimate of drug-likeness (QED) is 0.624. The maximum atomic E-state index is 13.2. The average molecular weight is 377 g/mol. The highest BCUT2D eigenvalue weighted by Gasteiger charge is 2.23. The summed E-state index contributed by atoms with van der Waals surface area (Å²) in [5.41, 5.74) is -0.0748. The maximum Gasteiger partial charge on any atom is 0.353 e. The van der Waals surface area contributed by atoms with Crippen LogP contribution in [0.1, 0.15) is 0 Å². The second-order valence-electron chi connectivity index (χ2n) is 3.80. The van der Waals surface area contributed by atoms with Crippen LogP contribution in [-0.2, 0) is 0 Å². The van der Waals surface area contributed by atoms with E-state index in [2.05, 4.69) is 36.5 Å². The summed E-state index contributed by atoms with van der Waals surface area (Å²) in [6.45, 7) is 0. The molecular formula is C11H8BrClFN5O2. The fourth-order valence-corrected chi connectivity index (χ4v) is 2.50. The van der Waals surface area contributed by atoms with Gasteiger partial charge in [-0.1, -0.05) is 11.6 Å². The molecule has 10 heteroatoms. The number of nitrogens with one attached hydrogen (secondary N) is 2. The van der Waals surface area contributed by atoms with Crippen LogP contribution in [0.3, 0.4) is 0 Å². The molecule has 2 N–H and O–H groups in total. The van der Waals surface area contributed by atoms with Crippen molar-refractivity contribution in [1.29, 1.82) is 0 Å². The van der Waals surface area contributed by atoms with Crippen molar-refractivity contribution < 1.29 is 9.31 Å². The highest BCUT2D eigenvalue weighted by atomic mass is 79.9. The van der Waals surface area contributed by atoms with E-state index in [0.29, 0.717) is 4.47 Å². The largest absolute Gasteiger partial charge is 0.367 e. The number of rotatable bonds is 4. The number of hydrogen-bond acceptors (Lipinski definition) is 6. The first kappa shape index (κ1) is 15.4. The van der Waals surface area contributed by atoms with Crippen molar-refractivity contribution in [2.75, 3.05) is 17.7 Å². The van der Waals surface area contributed by atoms with Crippen LogP contribution in [0.25, 0.3) is 0 Å². The van der Waals surface area contributed by atoms with Gasteiger partial charge in [0.1, 0.15) is 12.1 Å². The van der Waals surface area contributed by atoms with Crippen LogP contribution < -0.4 is 10.6 Å². The van der Waals surface area contributed by atoms with Crippen LogP contribution in [0.2, 0.25) is 5.02 Å². The molecule has 0 fully saturated rings. The molecule has 110 valence electrons. The van der Waals surface area contributed by atoms with Gasteiger partial charge in [-0.25, -0.2) is 14.4 Å². The highest BCUT2D eigenvalue weighted by Crippen LogP contribution is 2.37. The molecule has 21 heavy (non-hydrogen) atoms. The van der Waals surface area contributed by atoms with Crippen molar-refractivity contribution >= 4 is 50.5 Å². The van der Waals surface area contributed by atoms with Gasteiger partial charge >= 0.3 is 5.69 Å². The van der Waals surface area contributed by atoms with Crippen LogP contribution in [0.5, 0.6) is 0 Å². The summed E-state index contributed by atoms with van der Waals surface area (Å²) in [6.07, 6.45) is 1.16. The van der Waals surface area contributed by atoms with E-state index >= 15 is 0 Å². The molecule has 0 bridgehead atoms. The molecule has 7 nitrogen and oxygen atoms in total. The fraction of sp³-hybridized carbons (Fsp3) is 0.0909. The minimum atomic E-state index is -0.625. The molecule has 0 aliphatic carbocycles. The smallest absolute Gasteiger partial charge is 0.353 e. The van der Waals surface area contributed by atoms with E-state index in [0.717, 1.165) is 12.4 Å². The highest BCUT2D eigenvalue weighted by molar-refractivity contribution is 9.10. The van der Waals surface area contributed by atoms with E-state index < -0.39 is 10.7 Å². The monoisotopic (exact) mass is 375 g/mol. The third-order valence-corrected chi connectivity index (χ3v) is 3.42. The molecule has 0 saturated heterocycles. The summed E-state index contributed by atoms with van der Waals surface area (Å²) in [5, 5.41) is 16.5. The van der Waals surface area contributed by atoms with Gasteiger partial charge in [0.25, 0.3) is 0 Å². The second kappa shape index (κ2) is 6.19. The van der Waals surface area contributed by atoms with Gasteiger partial charge in [0.2, 0.25) is 11.6 Å². The van der Waals surface area contributed by atoms with E-state index in [1.54, 1.807) is 0 Å². The molecule has 0 unspecified atom stereocenters. The molecule has 0 aliphatic rings. The van der Waals surface area contributed by atoms with Crippen LogP contribution in [0.15, 0.2) is 22.9 Å². The van der Waals surface area contributed by atoms with Gasteiger partial charge < -0.3 is 10.6 Å². The lowest BCUT2D eigenvalue weighted by molar-refractivity contribution is -0.383. The number of halogens is 3. The fourth-order valence-electron chi connectivity index (χ4n) is 1.61. The van der Waals surface area contributed by atoms with Crippen molar-refractivity contribution in [3.63, 3.8) is 0 Å². The molecule has 0 spiro atoms. The molecule has 1 aromatic heterocycles. The molecule has 0 amide bonds. The molecule has 0 atom stereocenters. The Morgan fingerprint density at radius 3 is 2.62 bits per heavy atom. The van der Waals surface area contributed by atoms with Gasteiger partial charge in [-0.2, -0.15) is 0 Å². The van der Waals surface area contributed by atoms with Crippen molar-refractivity contribution in [2.45, 2.75) is 0 Å². The Bertz CT molecular complexity index is 692. The van der Waals surface area contributed by atoms with Crippen molar-refractivity contribution in [1.82, 2.24) is 9.97 Å². The minimum absolute atomic E-state index is 0.0480. The lowest BCUT2D eigenvalue weighted by atomic mass is 10.3. The van der Waals surface area contributed by atoms with Gasteiger partial charge in [-0.3, -0.25) is 10.1 Å². The van der Waals surface area contributed by atoms with Gasteiger partial charge in [0, 0.05) is 11.5 Å². The van der Waals surface area contributed by atoms with E-state index in [1.807, 2.05) is 0 Å². The van der Waals surface area contributed by atoms with Crippen LogP contribution in [0, 0.1) is 15.9 Å². The number of nitro groups is 1. The molecule has 1 aromatic carbocycles. The van der Waals surface area contributed by atoms with Crippen LogP contribution in [-0.4, -0.2) is 21.9 Å². The van der Waals surface area contributed by atoms with Gasteiger partial charge in [-0.15, -0.1) is 0 Å². The predicted octanol–water partition coefficient (Wildman–Crippen LogP) is 3.73. The number of hydrogen-bond donors (Lipinski definition) is 2. The molecule has 2 rings (SSSR count). The van der Waals surface area contributed by atoms with E-state index in [9.17, 15) is 14.5 Å². The zero-order chi connectivity index (χ0) is 15.6. The molecular weight excluding hydrogens is 369 g/mol. The molecule has 1 heterocycles. The maximum absolute atomic E-state index is 13.2.